The molecule has 1 atom stereocenters. The van der Waals surface area contributed by atoms with Crippen LogP contribution in [0.3, 0.4) is 0 Å². The number of nitrogens with zero attached hydrogens (tertiary/aromatic N) is 1. The van der Waals surface area contributed by atoms with Crippen molar-refractivity contribution in [2.75, 3.05) is 6.54 Å². The lowest BCUT2D eigenvalue weighted by atomic mass is 9.99. The number of nitrogens with two attached hydrogens (primary N) is 1. The summed E-state index contributed by atoms with van der Waals surface area (Å²) in [7, 11) is -3.72. The van der Waals surface area contributed by atoms with Gasteiger partial charge in [0.2, 0.25) is 10.0 Å². The number of rotatable bonds is 3. The Balaban J connectivity index is 2.21. The number of primary sulfonamides is 1. The number of thiophene rings is 1. The van der Waals surface area contributed by atoms with E-state index in [1.165, 1.54) is 6.07 Å². The highest BCUT2D eigenvalue weighted by molar-refractivity contribution is 7.91. The first kappa shape index (κ1) is 14.5. The summed E-state index contributed by atoms with van der Waals surface area (Å²) in [5.74, 6) is -0.0855. The molecule has 7 heteroatoms. The van der Waals surface area contributed by atoms with Crippen molar-refractivity contribution in [3.63, 3.8) is 0 Å². The molecule has 1 aromatic heterocycles. The van der Waals surface area contributed by atoms with Gasteiger partial charge in [0.25, 0.3) is 5.91 Å². The number of hydrogen-bond acceptors (Lipinski definition) is 4. The van der Waals surface area contributed by atoms with Gasteiger partial charge in [-0.1, -0.05) is 6.92 Å². The summed E-state index contributed by atoms with van der Waals surface area (Å²) in [4.78, 5) is 14.3. The first-order chi connectivity index (χ1) is 8.93. The van der Waals surface area contributed by atoms with Gasteiger partial charge in [0.15, 0.2) is 0 Å². The van der Waals surface area contributed by atoms with E-state index in [-0.39, 0.29) is 16.2 Å². The van der Waals surface area contributed by atoms with E-state index in [1.807, 2.05) is 4.90 Å². The third-order valence-electron chi connectivity index (χ3n) is 3.46. The molecule has 106 valence electrons. The van der Waals surface area contributed by atoms with E-state index < -0.39 is 10.0 Å². The van der Waals surface area contributed by atoms with Crippen LogP contribution in [0.5, 0.6) is 0 Å². The van der Waals surface area contributed by atoms with Crippen LogP contribution in [0.1, 0.15) is 43.0 Å². The van der Waals surface area contributed by atoms with Crippen LogP contribution in [0, 0.1) is 0 Å². The van der Waals surface area contributed by atoms with Gasteiger partial charge in [-0.3, -0.25) is 4.79 Å². The van der Waals surface area contributed by atoms with E-state index >= 15 is 0 Å². The molecule has 0 aromatic carbocycles. The molecule has 5 nitrogen and oxygen atoms in total. The highest BCUT2D eigenvalue weighted by atomic mass is 32.2. The smallest absolute Gasteiger partial charge is 0.254 e. The van der Waals surface area contributed by atoms with Crippen molar-refractivity contribution in [3.05, 3.63) is 17.0 Å². The number of piperidine rings is 1. The molecule has 0 spiro atoms. The van der Waals surface area contributed by atoms with Crippen molar-refractivity contribution in [2.24, 2.45) is 5.14 Å². The van der Waals surface area contributed by atoms with Crippen molar-refractivity contribution in [3.8, 4) is 0 Å². The molecule has 0 bridgehead atoms. The van der Waals surface area contributed by atoms with Gasteiger partial charge >= 0.3 is 0 Å². The first-order valence-corrected chi connectivity index (χ1v) is 8.78. The Labute approximate surface area is 117 Å². The Kier molecular flexibility index (Phi) is 4.27. The zero-order chi connectivity index (χ0) is 14.0. The van der Waals surface area contributed by atoms with Gasteiger partial charge in [-0.25, -0.2) is 13.6 Å². The van der Waals surface area contributed by atoms with Gasteiger partial charge in [-0.15, -0.1) is 11.3 Å². The lowest BCUT2D eigenvalue weighted by Crippen LogP contribution is -2.43. The standard InChI is InChI=1S/C12H18N2O3S2/c1-2-10-5-3-4-6-14(10)12(15)9-7-11(18-8-9)19(13,16)17/h7-8,10H,2-6H2,1H3,(H2,13,16,17). The van der Waals surface area contributed by atoms with E-state index in [9.17, 15) is 13.2 Å². The van der Waals surface area contributed by atoms with Crippen LogP contribution in [0.4, 0.5) is 0 Å². The maximum absolute atomic E-state index is 12.4. The normalized spacial score (nSPS) is 20.5. The van der Waals surface area contributed by atoms with Crippen LogP contribution in [0.2, 0.25) is 0 Å². The van der Waals surface area contributed by atoms with E-state index in [0.29, 0.717) is 5.56 Å². The van der Waals surface area contributed by atoms with Crippen LogP contribution < -0.4 is 5.14 Å². The minimum atomic E-state index is -3.72. The van der Waals surface area contributed by atoms with Crippen LogP contribution in [-0.2, 0) is 10.0 Å². The number of sulfonamides is 1. The summed E-state index contributed by atoms with van der Waals surface area (Å²) in [6.07, 6.45) is 4.11. The molecule has 1 aliphatic heterocycles. The zero-order valence-corrected chi connectivity index (χ0v) is 12.5. The third kappa shape index (κ3) is 3.16. The molecule has 19 heavy (non-hydrogen) atoms. The maximum Gasteiger partial charge on any atom is 0.254 e. The molecule has 0 saturated carbocycles. The summed E-state index contributed by atoms with van der Waals surface area (Å²) >= 11 is 0.997. The molecule has 2 N–H and O–H groups in total. The molecule has 0 aliphatic carbocycles. The molecule has 1 saturated heterocycles. The molecular formula is C12H18N2O3S2. The Hall–Kier alpha value is -0.920. The second kappa shape index (κ2) is 5.60. The SMILES string of the molecule is CCC1CCCCN1C(=O)c1csc(S(N)(=O)=O)c1. The molecule has 1 fully saturated rings. The van der Waals surface area contributed by atoms with Gasteiger partial charge in [-0.2, -0.15) is 0 Å². The zero-order valence-electron chi connectivity index (χ0n) is 10.8. The minimum absolute atomic E-state index is 0.0425. The topological polar surface area (TPSA) is 80.5 Å². The molecule has 0 radical (unpaired) electrons. The van der Waals surface area contributed by atoms with Gasteiger partial charge in [-0.05, 0) is 31.7 Å². The fourth-order valence-corrected chi connectivity index (χ4v) is 4.02. The highest BCUT2D eigenvalue weighted by Gasteiger charge is 2.27. The van der Waals surface area contributed by atoms with Gasteiger partial charge in [0, 0.05) is 18.0 Å². The number of carbonyl (C=O) groups excluding carboxylic acids is 1. The van der Waals surface area contributed by atoms with Crippen LogP contribution >= 0.6 is 11.3 Å². The predicted molar refractivity (Wildman–Crippen MR) is 74.7 cm³/mol. The first-order valence-electron chi connectivity index (χ1n) is 6.35. The maximum atomic E-state index is 12.4. The largest absolute Gasteiger partial charge is 0.336 e. The summed E-state index contributed by atoms with van der Waals surface area (Å²) in [5, 5.41) is 6.63. The van der Waals surface area contributed by atoms with Crippen molar-refractivity contribution < 1.29 is 13.2 Å². The average molecular weight is 302 g/mol. The molecular weight excluding hydrogens is 284 g/mol. The number of likely N-dealkylation sites (tertiary alicyclic amines) is 1. The van der Waals surface area contributed by atoms with Crippen molar-refractivity contribution in [1.29, 1.82) is 0 Å². The van der Waals surface area contributed by atoms with Gasteiger partial charge < -0.3 is 4.90 Å². The van der Waals surface area contributed by atoms with E-state index in [1.54, 1.807) is 5.38 Å². The lowest BCUT2D eigenvalue weighted by Gasteiger charge is -2.35. The van der Waals surface area contributed by atoms with Crippen molar-refractivity contribution in [1.82, 2.24) is 4.90 Å². The van der Waals surface area contributed by atoms with Crippen LogP contribution in [0.25, 0.3) is 0 Å². The molecule has 2 heterocycles. The minimum Gasteiger partial charge on any atom is -0.336 e. The Bertz CT molecular complexity index is 565. The fourth-order valence-electron chi connectivity index (χ4n) is 2.44. The lowest BCUT2D eigenvalue weighted by molar-refractivity contribution is 0.0608. The number of carbonyl (C=O) groups is 1. The highest BCUT2D eigenvalue weighted by Crippen LogP contribution is 2.25. The summed E-state index contributed by atoms with van der Waals surface area (Å²) in [6, 6.07) is 1.64. The fraction of sp³-hybridized carbons (Fsp3) is 0.583. The number of amides is 1. The molecule has 1 aromatic rings. The molecule has 1 unspecified atom stereocenters. The van der Waals surface area contributed by atoms with Crippen LogP contribution in [-0.4, -0.2) is 31.8 Å². The molecule has 1 aliphatic rings. The monoisotopic (exact) mass is 302 g/mol. The Morgan fingerprint density at radius 3 is 2.84 bits per heavy atom. The second-order valence-electron chi connectivity index (χ2n) is 4.76. The Morgan fingerprint density at radius 2 is 2.26 bits per heavy atom. The summed E-state index contributed by atoms with van der Waals surface area (Å²) in [6.45, 7) is 2.82. The van der Waals surface area contributed by atoms with Crippen LogP contribution in [0.15, 0.2) is 15.7 Å². The van der Waals surface area contributed by atoms with E-state index in [0.717, 1.165) is 43.6 Å². The molecule has 1 amide bonds. The van der Waals surface area contributed by atoms with E-state index in [4.69, 9.17) is 5.14 Å². The predicted octanol–water partition coefficient (Wildman–Crippen LogP) is 1.80. The third-order valence-corrected chi connectivity index (χ3v) is 5.85. The van der Waals surface area contributed by atoms with Gasteiger partial charge in [0.1, 0.15) is 4.21 Å². The average Bonchev–Trinajstić information content (AvgIpc) is 2.87. The van der Waals surface area contributed by atoms with Crippen molar-refractivity contribution >= 4 is 27.3 Å². The Morgan fingerprint density at radius 1 is 1.53 bits per heavy atom. The van der Waals surface area contributed by atoms with Gasteiger partial charge in [0.05, 0.1) is 5.56 Å². The number of hydrogen-bond donors (Lipinski definition) is 1. The summed E-state index contributed by atoms with van der Waals surface area (Å²) in [5.41, 5.74) is 0.425. The van der Waals surface area contributed by atoms with E-state index in [2.05, 4.69) is 6.92 Å². The second-order valence-corrected chi connectivity index (χ2v) is 7.46. The van der Waals surface area contributed by atoms with Crippen molar-refractivity contribution in [2.45, 2.75) is 42.9 Å². The summed E-state index contributed by atoms with van der Waals surface area (Å²) < 4.78 is 22.5. The quantitative estimate of drug-likeness (QED) is 0.924. The molecule has 2 rings (SSSR count).